The van der Waals surface area contributed by atoms with Crippen molar-refractivity contribution in [3.8, 4) is 6.07 Å². The van der Waals surface area contributed by atoms with Crippen molar-refractivity contribution in [2.75, 3.05) is 0 Å². The Kier molecular flexibility index (Phi) is 4.69. The van der Waals surface area contributed by atoms with Crippen molar-refractivity contribution < 1.29 is 9.59 Å². The smallest absolute Gasteiger partial charge is 0.254 e. The van der Waals surface area contributed by atoms with Crippen molar-refractivity contribution in [1.82, 2.24) is 10.3 Å². The second kappa shape index (κ2) is 6.68. The molecule has 0 aliphatic rings. The molecule has 0 unspecified atom stereocenters. The molecule has 2 amide bonds. The number of nitrogens with one attached hydrogen (secondary N) is 1. The van der Waals surface area contributed by atoms with Gasteiger partial charge in [-0.05, 0) is 25.5 Å². The number of carbonyl (C=O) groups is 2. The molecule has 2 aromatic rings. The Morgan fingerprint density at radius 1 is 1.36 bits per heavy atom. The molecule has 0 radical (unpaired) electrons. The van der Waals surface area contributed by atoms with Crippen LogP contribution in [0.15, 0.2) is 36.5 Å². The normalized spacial score (nSPS) is 13.1. The van der Waals surface area contributed by atoms with Gasteiger partial charge in [0.05, 0.1) is 17.1 Å². The number of para-hydroxylation sites is 1. The number of hydrogen-bond acceptors (Lipinski definition) is 4. The molecule has 0 aliphatic heterocycles. The van der Waals surface area contributed by atoms with Crippen LogP contribution in [0.4, 0.5) is 0 Å². The highest BCUT2D eigenvalue weighted by atomic mass is 16.2. The summed E-state index contributed by atoms with van der Waals surface area (Å²) in [5.41, 5.74) is 6.22. The topological polar surface area (TPSA) is 109 Å². The van der Waals surface area contributed by atoms with Gasteiger partial charge in [0.2, 0.25) is 5.91 Å². The average Bonchev–Trinajstić information content (AvgIpc) is 2.53. The minimum Gasteiger partial charge on any atom is -0.368 e. The van der Waals surface area contributed by atoms with Crippen molar-refractivity contribution in [3.05, 3.63) is 42.1 Å². The van der Waals surface area contributed by atoms with Crippen LogP contribution < -0.4 is 11.1 Å². The van der Waals surface area contributed by atoms with Gasteiger partial charge in [-0.15, -0.1) is 0 Å². The Labute approximate surface area is 127 Å². The van der Waals surface area contributed by atoms with E-state index in [0.29, 0.717) is 11.1 Å². The molecule has 0 bridgehead atoms. The van der Waals surface area contributed by atoms with Gasteiger partial charge in [-0.1, -0.05) is 18.2 Å². The van der Waals surface area contributed by atoms with Gasteiger partial charge >= 0.3 is 0 Å². The molecule has 1 heterocycles. The molecule has 0 saturated carbocycles. The molecule has 2 atom stereocenters. The van der Waals surface area contributed by atoms with Crippen LogP contribution in [0.2, 0.25) is 0 Å². The van der Waals surface area contributed by atoms with E-state index in [1.165, 1.54) is 0 Å². The second-order valence-electron chi connectivity index (χ2n) is 5.07. The van der Waals surface area contributed by atoms with Crippen LogP contribution in [-0.4, -0.2) is 22.8 Å². The number of nitrogens with zero attached hydrogens (tertiary/aromatic N) is 2. The van der Waals surface area contributed by atoms with E-state index in [1.54, 1.807) is 31.3 Å². The minimum atomic E-state index is -0.888. The number of benzene rings is 1. The molecule has 6 heteroatoms. The second-order valence-corrected chi connectivity index (χ2v) is 5.07. The molecule has 2 rings (SSSR count). The van der Waals surface area contributed by atoms with E-state index < -0.39 is 17.9 Å². The third-order valence-electron chi connectivity index (χ3n) is 3.34. The Morgan fingerprint density at radius 2 is 2.09 bits per heavy atom. The fraction of sp³-hybridized carbons (Fsp3) is 0.250. The summed E-state index contributed by atoms with van der Waals surface area (Å²) < 4.78 is 0. The van der Waals surface area contributed by atoms with E-state index in [1.807, 2.05) is 18.2 Å². The van der Waals surface area contributed by atoms with Crippen LogP contribution in [-0.2, 0) is 4.79 Å². The van der Waals surface area contributed by atoms with Gasteiger partial charge in [0, 0.05) is 17.5 Å². The zero-order chi connectivity index (χ0) is 16.1. The highest BCUT2D eigenvalue weighted by Gasteiger charge is 2.22. The first kappa shape index (κ1) is 15.4. The summed E-state index contributed by atoms with van der Waals surface area (Å²) in [7, 11) is 0. The summed E-state index contributed by atoms with van der Waals surface area (Å²) >= 11 is 0. The summed E-state index contributed by atoms with van der Waals surface area (Å²) in [6.45, 7) is 1.67. The van der Waals surface area contributed by atoms with Crippen LogP contribution in [0.1, 0.15) is 23.7 Å². The fourth-order valence-corrected chi connectivity index (χ4v) is 2.18. The summed E-state index contributed by atoms with van der Waals surface area (Å²) in [4.78, 5) is 28.1. The number of hydrogen-bond donors (Lipinski definition) is 2. The maximum atomic E-state index is 12.4. The van der Waals surface area contributed by atoms with Crippen molar-refractivity contribution in [2.45, 2.75) is 19.4 Å². The molecule has 0 aliphatic carbocycles. The lowest BCUT2D eigenvalue weighted by molar-refractivity contribution is -0.120. The molecular formula is C16H16N4O2. The lowest BCUT2D eigenvalue weighted by atomic mass is 10.0. The molecule has 0 spiro atoms. The van der Waals surface area contributed by atoms with Gasteiger partial charge < -0.3 is 11.1 Å². The number of carbonyl (C=O) groups excluding carboxylic acids is 2. The van der Waals surface area contributed by atoms with E-state index in [9.17, 15) is 9.59 Å². The van der Waals surface area contributed by atoms with Crippen molar-refractivity contribution >= 4 is 22.7 Å². The quantitative estimate of drug-likeness (QED) is 0.868. The Morgan fingerprint density at radius 3 is 2.77 bits per heavy atom. The van der Waals surface area contributed by atoms with E-state index in [-0.39, 0.29) is 12.3 Å². The number of pyridine rings is 1. The van der Waals surface area contributed by atoms with Gasteiger partial charge in [-0.2, -0.15) is 5.26 Å². The van der Waals surface area contributed by atoms with Gasteiger partial charge in [0.1, 0.15) is 6.04 Å². The van der Waals surface area contributed by atoms with Crippen LogP contribution in [0.5, 0.6) is 0 Å². The Balaban J connectivity index is 2.26. The fourth-order valence-electron chi connectivity index (χ4n) is 2.18. The van der Waals surface area contributed by atoms with Crippen LogP contribution >= 0.6 is 0 Å². The van der Waals surface area contributed by atoms with Gasteiger partial charge in [0.15, 0.2) is 0 Å². The maximum absolute atomic E-state index is 12.4. The summed E-state index contributed by atoms with van der Waals surface area (Å²) in [5.74, 6) is -1.48. The third kappa shape index (κ3) is 3.38. The predicted molar refractivity (Wildman–Crippen MR) is 81.6 cm³/mol. The van der Waals surface area contributed by atoms with Crippen LogP contribution in [0.3, 0.4) is 0 Å². The Hall–Kier alpha value is -2.94. The largest absolute Gasteiger partial charge is 0.368 e. The highest BCUT2D eigenvalue weighted by Crippen LogP contribution is 2.16. The number of fused-ring (bicyclic) bond motifs is 1. The molecule has 1 aromatic carbocycles. The molecule has 0 fully saturated rings. The molecule has 0 saturated heterocycles. The standard InChI is InChI=1S/C16H16N4O2/c1-10(9-17)8-13(15(18)21)20-16(22)12-6-2-4-11-5-3-7-19-14(11)12/h2-7,10,13H,8H2,1H3,(H2,18,21)(H,20,22)/t10-,13-/m1/s1. The lowest BCUT2D eigenvalue weighted by Crippen LogP contribution is -2.45. The molecule has 22 heavy (non-hydrogen) atoms. The summed E-state index contributed by atoms with van der Waals surface area (Å²) in [6.07, 6.45) is 1.78. The Bertz CT molecular complexity index is 746. The van der Waals surface area contributed by atoms with E-state index in [0.717, 1.165) is 5.39 Å². The summed E-state index contributed by atoms with van der Waals surface area (Å²) in [6, 6.07) is 10.00. The van der Waals surface area contributed by atoms with E-state index in [4.69, 9.17) is 11.0 Å². The number of aromatic nitrogens is 1. The molecule has 6 nitrogen and oxygen atoms in total. The first-order valence-corrected chi connectivity index (χ1v) is 6.86. The predicted octanol–water partition coefficient (Wildman–Crippen LogP) is 1.37. The van der Waals surface area contributed by atoms with Gasteiger partial charge in [0.25, 0.3) is 5.91 Å². The molecule has 3 N–H and O–H groups in total. The number of primary amides is 1. The van der Waals surface area contributed by atoms with E-state index in [2.05, 4.69) is 10.3 Å². The minimum absolute atomic E-state index is 0.176. The van der Waals surface area contributed by atoms with Crippen LogP contribution in [0, 0.1) is 17.2 Å². The highest BCUT2D eigenvalue weighted by molar-refractivity contribution is 6.06. The van der Waals surface area contributed by atoms with Crippen molar-refractivity contribution in [1.29, 1.82) is 5.26 Å². The maximum Gasteiger partial charge on any atom is 0.254 e. The number of amides is 2. The van der Waals surface area contributed by atoms with Gasteiger partial charge in [-0.3, -0.25) is 14.6 Å². The number of nitrogens with two attached hydrogens (primary N) is 1. The van der Waals surface area contributed by atoms with Crippen molar-refractivity contribution in [3.63, 3.8) is 0 Å². The SMILES string of the molecule is C[C@@H](C#N)C[C@@H](NC(=O)c1cccc2cccnc12)C(N)=O. The zero-order valence-electron chi connectivity index (χ0n) is 12.1. The molecule has 112 valence electrons. The first-order chi connectivity index (χ1) is 10.5. The zero-order valence-corrected chi connectivity index (χ0v) is 12.1. The monoisotopic (exact) mass is 296 g/mol. The molecular weight excluding hydrogens is 280 g/mol. The average molecular weight is 296 g/mol. The third-order valence-corrected chi connectivity index (χ3v) is 3.34. The lowest BCUT2D eigenvalue weighted by Gasteiger charge is -2.16. The van der Waals surface area contributed by atoms with Crippen LogP contribution in [0.25, 0.3) is 10.9 Å². The number of rotatable bonds is 5. The first-order valence-electron chi connectivity index (χ1n) is 6.86. The van der Waals surface area contributed by atoms with Crippen molar-refractivity contribution in [2.24, 2.45) is 11.7 Å². The summed E-state index contributed by atoms with van der Waals surface area (Å²) in [5, 5.41) is 12.2. The van der Waals surface area contributed by atoms with Gasteiger partial charge in [-0.25, -0.2) is 0 Å². The molecule has 1 aromatic heterocycles. The van der Waals surface area contributed by atoms with E-state index >= 15 is 0 Å². The number of nitriles is 1.